The Labute approximate surface area is 266 Å². The molecule has 5 nitrogen and oxygen atoms in total. The topological polar surface area (TPSA) is 62.7 Å². The van der Waals surface area contributed by atoms with Crippen LogP contribution in [0.5, 0.6) is 5.75 Å². The molecule has 0 bridgehead atoms. The van der Waals surface area contributed by atoms with Crippen LogP contribution < -0.4 is 9.64 Å². The summed E-state index contributed by atoms with van der Waals surface area (Å²) in [7, 11) is 4.00. The lowest BCUT2D eigenvalue weighted by molar-refractivity contribution is -0.136. The SMILES string of the molecule is C=Cc1cc(-c2cc(/C(C)=C/C(=C(C)C)/C(=C(/CC(=O)O)C(=C)C)c3cc(F)c4c(c3C)CCCO4)ccn2)ccc1N(C)C. The van der Waals surface area contributed by atoms with Gasteiger partial charge in [-0.2, -0.15) is 0 Å². The molecule has 1 aromatic heterocycles. The number of nitrogens with zero attached hydrogens (tertiary/aromatic N) is 2. The first-order chi connectivity index (χ1) is 21.3. The van der Waals surface area contributed by atoms with Gasteiger partial charge in [0, 0.05) is 37.1 Å². The van der Waals surface area contributed by atoms with Gasteiger partial charge in [-0.25, -0.2) is 4.39 Å². The molecule has 0 spiro atoms. The van der Waals surface area contributed by atoms with E-state index in [1.165, 1.54) is 6.07 Å². The highest BCUT2D eigenvalue weighted by atomic mass is 19.1. The van der Waals surface area contributed by atoms with Crippen LogP contribution in [0.1, 0.15) is 68.4 Å². The third-order valence-electron chi connectivity index (χ3n) is 8.26. The number of benzene rings is 2. The van der Waals surface area contributed by atoms with Gasteiger partial charge in [0.25, 0.3) is 0 Å². The van der Waals surface area contributed by atoms with Crippen molar-refractivity contribution in [1.82, 2.24) is 4.98 Å². The van der Waals surface area contributed by atoms with Crippen molar-refractivity contribution in [2.24, 2.45) is 0 Å². The summed E-state index contributed by atoms with van der Waals surface area (Å²) >= 11 is 0. The van der Waals surface area contributed by atoms with Crippen LogP contribution in [0.15, 0.2) is 84.1 Å². The van der Waals surface area contributed by atoms with Crippen molar-refractivity contribution in [2.45, 2.75) is 53.9 Å². The van der Waals surface area contributed by atoms with Crippen molar-refractivity contribution in [3.05, 3.63) is 118 Å². The standard InChI is InChI=1S/C39H43FN2O3/c1-10-27-19-29(13-14-36(27)42(8)9)35-20-28(15-16-41-35)25(6)18-31(23(2)3)38(32(24(4)5)22-37(43)44)33-21-34(40)39-30(26(33)7)12-11-17-45-39/h10,13-16,18-21H,1,4,11-12,17,22H2,2-3,5-9H3,(H,43,44)/b25-18+,38-32+. The number of carbonyl (C=O) groups is 1. The van der Waals surface area contributed by atoms with Crippen molar-refractivity contribution < 1.29 is 19.0 Å². The second kappa shape index (κ2) is 13.9. The number of anilines is 1. The fraction of sp³-hybridized carbons (Fsp3) is 0.282. The van der Waals surface area contributed by atoms with E-state index < -0.39 is 11.8 Å². The van der Waals surface area contributed by atoms with Crippen LogP contribution in [0, 0.1) is 12.7 Å². The molecule has 0 atom stereocenters. The van der Waals surface area contributed by atoms with Crippen LogP contribution in [0.4, 0.5) is 10.1 Å². The van der Waals surface area contributed by atoms with Crippen molar-refractivity contribution >= 4 is 28.9 Å². The van der Waals surface area contributed by atoms with E-state index in [-0.39, 0.29) is 6.42 Å². The normalized spacial score (nSPS) is 13.3. The highest BCUT2D eigenvalue weighted by Crippen LogP contribution is 2.42. The molecule has 6 heteroatoms. The first-order valence-corrected chi connectivity index (χ1v) is 15.2. The maximum atomic E-state index is 15.6. The third kappa shape index (κ3) is 7.17. The summed E-state index contributed by atoms with van der Waals surface area (Å²) in [5.41, 5.74) is 11.8. The van der Waals surface area contributed by atoms with Crippen LogP contribution >= 0.6 is 0 Å². The molecular weight excluding hydrogens is 563 g/mol. The zero-order valence-corrected chi connectivity index (χ0v) is 27.5. The number of ether oxygens (including phenoxy) is 1. The number of halogens is 1. The van der Waals surface area contributed by atoms with Gasteiger partial charge in [-0.3, -0.25) is 9.78 Å². The first-order valence-electron chi connectivity index (χ1n) is 15.2. The maximum Gasteiger partial charge on any atom is 0.307 e. The number of allylic oxidation sites excluding steroid dienone is 6. The second-order valence-corrected chi connectivity index (χ2v) is 12.0. The number of aromatic nitrogens is 1. The van der Waals surface area contributed by atoms with E-state index in [1.807, 2.05) is 60.0 Å². The minimum atomic E-state index is -0.975. The molecule has 4 rings (SSSR count). The van der Waals surface area contributed by atoms with Gasteiger partial charge in [-0.15, -0.1) is 0 Å². The molecule has 0 radical (unpaired) electrons. The molecule has 0 unspecified atom stereocenters. The molecule has 1 aliphatic rings. The Bertz CT molecular complexity index is 1770. The molecule has 0 saturated carbocycles. The van der Waals surface area contributed by atoms with E-state index in [1.54, 1.807) is 13.1 Å². The summed E-state index contributed by atoms with van der Waals surface area (Å²) in [4.78, 5) is 18.8. The van der Waals surface area contributed by atoms with Gasteiger partial charge in [0.1, 0.15) is 0 Å². The second-order valence-electron chi connectivity index (χ2n) is 12.0. The maximum absolute atomic E-state index is 15.6. The number of pyridine rings is 1. The molecule has 1 aliphatic heterocycles. The summed E-state index contributed by atoms with van der Waals surface area (Å²) in [6.07, 6.45) is 6.95. The molecule has 0 aliphatic carbocycles. The Kier molecular flexibility index (Phi) is 10.3. The van der Waals surface area contributed by atoms with Gasteiger partial charge in [0.05, 0.1) is 18.7 Å². The average molecular weight is 607 g/mol. The van der Waals surface area contributed by atoms with Gasteiger partial charge in [0.2, 0.25) is 0 Å². The summed E-state index contributed by atoms with van der Waals surface area (Å²) in [6, 6.07) is 11.7. The Morgan fingerprint density at radius 3 is 2.49 bits per heavy atom. The van der Waals surface area contributed by atoms with Crippen LogP contribution in [0.3, 0.4) is 0 Å². The van der Waals surface area contributed by atoms with Crippen LogP contribution in [0.25, 0.3) is 28.5 Å². The van der Waals surface area contributed by atoms with Crippen LogP contribution in [-0.2, 0) is 11.2 Å². The molecule has 2 heterocycles. The number of hydrogen-bond acceptors (Lipinski definition) is 4. The van der Waals surface area contributed by atoms with Crippen molar-refractivity contribution in [3.63, 3.8) is 0 Å². The lowest BCUT2D eigenvalue weighted by Crippen LogP contribution is -2.14. The summed E-state index contributed by atoms with van der Waals surface area (Å²) in [5, 5.41) is 9.93. The zero-order chi connectivity index (χ0) is 33.0. The largest absolute Gasteiger partial charge is 0.490 e. The number of hydrogen-bond donors (Lipinski definition) is 1. The van der Waals surface area contributed by atoms with E-state index in [4.69, 9.17) is 4.74 Å². The van der Waals surface area contributed by atoms with Gasteiger partial charge in [-0.05, 0) is 122 Å². The van der Waals surface area contributed by atoms with Crippen molar-refractivity contribution in [1.29, 1.82) is 0 Å². The summed E-state index contributed by atoms with van der Waals surface area (Å²) in [6.45, 7) is 18.4. The summed E-state index contributed by atoms with van der Waals surface area (Å²) < 4.78 is 21.3. The average Bonchev–Trinajstić information content (AvgIpc) is 3.01. The highest BCUT2D eigenvalue weighted by Gasteiger charge is 2.25. The zero-order valence-electron chi connectivity index (χ0n) is 27.5. The first kappa shape index (κ1) is 33.2. The monoisotopic (exact) mass is 606 g/mol. The van der Waals surface area contributed by atoms with Crippen molar-refractivity contribution in [2.75, 3.05) is 25.6 Å². The smallest absolute Gasteiger partial charge is 0.307 e. The molecule has 45 heavy (non-hydrogen) atoms. The molecule has 0 fully saturated rings. The lowest BCUT2D eigenvalue weighted by Gasteiger charge is -2.25. The summed E-state index contributed by atoms with van der Waals surface area (Å²) in [5.74, 6) is -1.12. The molecule has 1 N–H and O–H groups in total. The van der Waals surface area contributed by atoms with Crippen LogP contribution in [-0.4, -0.2) is 36.8 Å². The molecule has 0 amide bonds. The molecule has 2 aromatic carbocycles. The highest BCUT2D eigenvalue weighted by molar-refractivity contribution is 5.93. The quantitative estimate of drug-likeness (QED) is 0.233. The predicted octanol–water partition coefficient (Wildman–Crippen LogP) is 9.47. The Balaban J connectivity index is 1.92. The van der Waals surface area contributed by atoms with E-state index in [0.717, 1.165) is 62.3 Å². The van der Waals surface area contributed by atoms with E-state index in [2.05, 4.69) is 47.3 Å². The minimum absolute atomic E-state index is 0.239. The molecular formula is C39H43FN2O3. The Morgan fingerprint density at radius 1 is 1.13 bits per heavy atom. The van der Waals surface area contributed by atoms with Gasteiger partial charge >= 0.3 is 5.97 Å². The fourth-order valence-corrected chi connectivity index (χ4v) is 5.88. The van der Waals surface area contributed by atoms with Gasteiger partial charge in [0.15, 0.2) is 11.6 Å². The van der Waals surface area contributed by atoms with E-state index in [0.29, 0.717) is 41.1 Å². The van der Waals surface area contributed by atoms with E-state index in [9.17, 15) is 9.90 Å². The third-order valence-corrected chi connectivity index (χ3v) is 8.26. The fourth-order valence-electron chi connectivity index (χ4n) is 5.88. The van der Waals surface area contributed by atoms with Gasteiger partial charge in [-0.1, -0.05) is 42.5 Å². The number of aliphatic carboxylic acids is 1. The lowest BCUT2D eigenvalue weighted by atomic mass is 9.82. The molecule has 0 saturated heterocycles. The molecule has 234 valence electrons. The number of fused-ring (bicyclic) bond motifs is 1. The Morgan fingerprint density at radius 2 is 1.87 bits per heavy atom. The number of carboxylic acids is 1. The minimum Gasteiger partial charge on any atom is -0.490 e. The number of rotatable bonds is 10. The van der Waals surface area contributed by atoms with E-state index >= 15 is 4.39 Å². The van der Waals surface area contributed by atoms with Crippen LogP contribution in [0.2, 0.25) is 0 Å². The molecule has 3 aromatic rings. The van der Waals surface area contributed by atoms with Crippen molar-refractivity contribution in [3.8, 4) is 17.0 Å². The predicted molar refractivity (Wildman–Crippen MR) is 185 cm³/mol. The Hall–Kier alpha value is -4.71. The van der Waals surface area contributed by atoms with Gasteiger partial charge < -0.3 is 14.7 Å². The number of carboxylic acid groups (broad SMARTS) is 1.